The number of methoxy groups -OCH3 is 1. The molecule has 0 aromatic heterocycles. The first-order valence-corrected chi connectivity index (χ1v) is 2.54. The van der Waals surface area contributed by atoms with Gasteiger partial charge in [-0.25, -0.2) is 0 Å². The second-order valence-corrected chi connectivity index (χ2v) is 1.44. The first kappa shape index (κ1) is 11.6. The monoisotopic (exact) mass is 142 g/mol. The third-order valence-electron chi connectivity index (χ3n) is 0.534. The molecule has 0 unspecified atom stereocenters. The quantitative estimate of drug-likeness (QED) is 0.235. The van der Waals surface area contributed by atoms with Crippen LogP contribution in [0.15, 0.2) is 0 Å². The molecule has 0 aliphatic heterocycles. The van der Waals surface area contributed by atoms with Gasteiger partial charge in [0.15, 0.2) is 0 Å². The molecule has 0 amide bonds. The van der Waals surface area contributed by atoms with Crippen molar-refractivity contribution in [1.82, 2.24) is 0 Å². The van der Waals surface area contributed by atoms with Crippen molar-refractivity contribution < 1.29 is 39.1 Å². The van der Waals surface area contributed by atoms with Crippen LogP contribution in [0.5, 0.6) is 0 Å². The van der Waals surface area contributed by atoms with Gasteiger partial charge in [0, 0.05) is 6.42 Å². The smallest absolute Gasteiger partial charge is 0.792 e. The van der Waals surface area contributed by atoms with Crippen LogP contribution in [0.1, 0.15) is 6.42 Å². The zero-order valence-corrected chi connectivity index (χ0v) is 7.96. The normalized spacial score (nSPS) is 7.25. The number of carbonyl (C=O) groups excluding carboxylic acids is 1. The molecule has 0 spiro atoms. The summed E-state index contributed by atoms with van der Waals surface area (Å²) < 4.78 is 4.28. The molecule has 0 heterocycles. The first-order valence-electron chi connectivity index (χ1n) is 1.96. The van der Waals surface area contributed by atoms with Crippen molar-refractivity contribution >= 4 is 18.6 Å². The summed E-state index contributed by atoms with van der Waals surface area (Å²) in [5.41, 5.74) is 0. The molecule has 42 valence electrons. The Bertz CT molecular complexity index is 67.1. The van der Waals surface area contributed by atoms with Crippen LogP contribution in [0.3, 0.4) is 0 Å². The van der Waals surface area contributed by atoms with Crippen LogP contribution in [0.25, 0.3) is 0 Å². The van der Waals surface area contributed by atoms with E-state index in [-0.39, 0.29) is 35.5 Å². The van der Waals surface area contributed by atoms with Crippen LogP contribution < -0.4 is 29.6 Å². The Morgan fingerprint density at radius 1 is 1.75 bits per heavy atom. The Kier molecular flexibility index (Phi) is 11.3. The van der Waals surface area contributed by atoms with Crippen molar-refractivity contribution in [1.29, 1.82) is 0 Å². The van der Waals surface area contributed by atoms with Crippen molar-refractivity contribution in [2.75, 3.05) is 12.9 Å². The molecule has 0 rings (SSSR count). The Morgan fingerprint density at radius 2 is 2.25 bits per heavy atom. The number of ether oxygens (including phenoxy) is 1. The van der Waals surface area contributed by atoms with E-state index >= 15 is 0 Å². The van der Waals surface area contributed by atoms with Crippen molar-refractivity contribution in [2.24, 2.45) is 0 Å². The summed E-state index contributed by atoms with van der Waals surface area (Å²) in [5, 5.41) is 0. The maximum atomic E-state index is 10.1. The number of carbonyl (C=O) groups is 1. The molecule has 0 aliphatic rings. The minimum Gasteiger partial charge on any atom is -0.792 e. The van der Waals surface area contributed by atoms with Crippen LogP contribution in [-0.4, -0.2) is 18.8 Å². The Hall–Kier alpha value is 0.820. The summed E-state index contributed by atoms with van der Waals surface area (Å²) in [4.78, 5) is 10.1. The first-order chi connectivity index (χ1) is 3.31. The zero-order chi connectivity index (χ0) is 5.70. The summed E-state index contributed by atoms with van der Waals surface area (Å²) in [6.45, 7) is 0. The summed E-state index contributed by atoms with van der Waals surface area (Å²) >= 11 is 4.49. The molecule has 0 saturated heterocycles. The molecule has 0 aliphatic carbocycles. The zero-order valence-electron chi connectivity index (χ0n) is 5.14. The molecule has 0 saturated carbocycles. The van der Waals surface area contributed by atoms with E-state index in [2.05, 4.69) is 17.4 Å². The van der Waals surface area contributed by atoms with E-state index in [0.29, 0.717) is 12.2 Å². The van der Waals surface area contributed by atoms with Crippen LogP contribution in [-0.2, 0) is 22.2 Å². The molecule has 8 heavy (non-hydrogen) atoms. The predicted molar refractivity (Wildman–Crippen MR) is 28.9 cm³/mol. The van der Waals surface area contributed by atoms with E-state index in [1.54, 1.807) is 0 Å². The molecule has 0 radical (unpaired) electrons. The minimum absolute atomic E-state index is 0. The molecule has 4 heteroatoms. The van der Waals surface area contributed by atoms with Gasteiger partial charge in [0.1, 0.15) is 0 Å². The molecular weight excluding hydrogens is 135 g/mol. The average molecular weight is 142 g/mol. The number of rotatable bonds is 2. The molecular formula is C4H7NaO2S. The maximum absolute atomic E-state index is 10.1. The van der Waals surface area contributed by atoms with Gasteiger partial charge in [0.2, 0.25) is 0 Å². The van der Waals surface area contributed by atoms with Gasteiger partial charge in [-0.3, -0.25) is 4.79 Å². The fraction of sp³-hybridized carbons (Fsp3) is 0.750. The topological polar surface area (TPSA) is 26.3 Å². The standard InChI is InChI=1S/C4H8O2S.Na/c1-6-4(5)2-3-7;/h7H,2-3H2,1H3;/q;+1/p-1. The van der Waals surface area contributed by atoms with Gasteiger partial charge in [-0.1, -0.05) is 0 Å². The number of hydrogen-bond donors (Lipinski definition) is 0. The van der Waals surface area contributed by atoms with Crippen LogP contribution in [0, 0.1) is 0 Å². The summed E-state index contributed by atoms with van der Waals surface area (Å²) in [6, 6.07) is 0. The third kappa shape index (κ3) is 6.82. The van der Waals surface area contributed by atoms with Crippen molar-refractivity contribution in [3.8, 4) is 0 Å². The third-order valence-corrected chi connectivity index (χ3v) is 0.738. The Balaban J connectivity index is 0. The van der Waals surface area contributed by atoms with E-state index in [9.17, 15) is 4.79 Å². The van der Waals surface area contributed by atoms with Crippen LogP contribution in [0.2, 0.25) is 0 Å². The summed E-state index contributed by atoms with van der Waals surface area (Å²) in [5.74, 6) is 0.224. The van der Waals surface area contributed by atoms with E-state index in [1.807, 2.05) is 0 Å². The number of esters is 1. The maximum Gasteiger partial charge on any atom is 1.00 e. The average Bonchev–Trinajstić information content (AvgIpc) is 1.68. The molecule has 0 aromatic rings. The van der Waals surface area contributed by atoms with Gasteiger partial charge in [0.25, 0.3) is 0 Å². The van der Waals surface area contributed by atoms with Crippen molar-refractivity contribution in [2.45, 2.75) is 6.42 Å². The van der Waals surface area contributed by atoms with Crippen molar-refractivity contribution in [3.05, 3.63) is 0 Å². The van der Waals surface area contributed by atoms with Gasteiger partial charge in [-0.05, 0) is 0 Å². The van der Waals surface area contributed by atoms with Gasteiger partial charge in [-0.15, -0.1) is 0 Å². The SMILES string of the molecule is COC(=O)CC[S-].[Na+]. The molecule has 0 fully saturated rings. The van der Waals surface area contributed by atoms with E-state index < -0.39 is 0 Å². The van der Waals surface area contributed by atoms with Gasteiger partial charge < -0.3 is 17.4 Å². The van der Waals surface area contributed by atoms with Gasteiger partial charge >= 0.3 is 35.5 Å². The molecule has 0 atom stereocenters. The van der Waals surface area contributed by atoms with Crippen LogP contribution in [0.4, 0.5) is 0 Å². The summed E-state index contributed by atoms with van der Waals surface area (Å²) in [7, 11) is 1.35. The predicted octanol–water partition coefficient (Wildman–Crippen LogP) is -2.90. The van der Waals surface area contributed by atoms with E-state index in [0.717, 1.165) is 0 Å². The van der Waals surface area contributed by atoms with E-state index in [1.165, 1.54) is 7.11 Å². The molecule has 0 bridgehead atoms. The fourth-order valence-corrected chi connectivity index (χ4v) is 0.352. The molecule has 0 aromatic carbocycles. The van der Waals surface area contributed by atoms with Crippen molar-refractivity contribution in [3.63, 3.8) is 0 Å². The van der Waals surface area contributed by atoms with Gasteiger partial charge in [-0.2, -0.15) is 5.75 Å². The Labute approximate surface area is 76.7 Å². The largest absolute Gasteiger partial charge is 1.00 e. The summed E-state index contributed by atoms with van der Waals surface area (Å²) in [6.07, 6.45) is 0.353. The minimum atomic E-state index is -0.227. The molecule has 2 nitrogen and oxygen atoms in total. The molecule has 0 N–H and O–H groups in total. The second kappa shape index (κ2) is 7.82. The van der Waals surface area contributed by atoms with Gasteiger partial charge in [0.05, 0.1) is 7.11 Å². The number of hydrogen-bond acceptors (Lipinski definition) is 3. The van der Waals surface area contributed by atoms with E-state index in [4.69, 9.17) is 0 Å². The Morgan fingerprint density at radius 3 is 2.38 bits per heavy atom. The fourth-order valence-electron chi connectivity index (χ4n) is 0.185. The second-order valence-electron chi connectivity index (χ2n) is 1.03. The van der Waals surface area contributed by atoms with Crippen LogP contribution >= 0.6 is 0 Å².